The van der Waals surface area contributed by atoms with Gasteiger partial charge in [-0.3, -0.25) is 19.4 Å². The number of ether oxygens (including phenoxy) is 2. The average molecular weight is 551 g/mol. The Bertz CT molecular complexity index is 1220. The Labute approximate surface area is 233 Å². The fraction of sp³-hybridized carbons (Fsp3) is 0.333. The Morgan fingerprint density at radius 1 is 0.925 bits per heavy atom. The molecular weight excluding hydrogens is 515 g/mol. The van der Waals surface area contributed by atoms with E-state index in [0.29, 0.717) is 50.0 Å². The molecule has 3 aromatic carbocycles. The van der Waals surface area contributed by atoms with Crippen LogP contribution in [0.3, 0.4) is 0 Å². The molecule has 40 heavy (non-hydrogen) atoms. The Morgan fingerprint density at radius 2 is 1.55 bits per heavy atom. The first kappa shape index (κ1) is 29.2. The van der Waals surface area contributed by atoms with E-state index in [1.54, 1.807) is 31.2 Å². The van der Waals surface area contributed by atoms with Gasteiger partial charge in [-0.25, -0.2) is 4.39 Å². The van der Waals surface area contributed by atoms with Gasteiger partial charge in [-0.1, -0.05) is 30.3 Å². The summed E-state index contributed by atoms with van der Waals surface area (Å²) in [6, 6.07) is 21.1. The molecule has 0 aromatic heterocycles. The van der Waals surface area contributed by atoms with Crippen LogP contribution in [0.5, 0.6) is 11.5 Å². The maximum Gasteiger partial charge on any atom is 0.249 e. The van der Waals surface area contributed by atoms with Gasteiger partial charge in [0.05, 0.1) is 19.8 Å². The molecule has 1 saturated heterocycles. The van der Waals surface area contributed by atoms with Gasteiger partial charge in [-0.05, 0) is 61.0 Å². The summed E-state index contributed by atoms with van der Waals surface area (Å²) in [4.78, 5) is 30.0. The molecule has 1 heterocycles. The summed E-state index contributed by atoms with van der Waals surface area (Å²) in [6.45, 7) is 4.79. The van der Waals surface area contributed by atoms with E-state index in [-0.39, 0.29) is 24.9 Å². The molecule has 3 N–H and O–H groups in total. The molecule has 3 aromatic rings. The highest BCUT2D eigenvalue weighted by Gasteiger charge is 2.25. The lowest BCUT2D eigenvalue weighted by Crippen LogP contribution is -2.54. The van der Waals surface area contributed by atoms with Crippen LogP contribution >= 0.6 is 0 Å². The first-order chi connectivity index (χ1) is 19.4. The molecule has 1 aliphatic heterocycles. The van der Waals surface area contributed by atoms with Gasteiger partial charge >= 0.3 is 0 Å². The molecule has 9 nitrogen and oxygen atoms in total. The summed E-state index contributed by atoms with van der Waals surface area (Å²) in [5, 5.41) is 15.4. The second-order valence-corrected chi connectivity index (χ2v) is 9.63. The number of rotatable bonds is 12. The lowest BCUT2D eigenvalue weighted by Gasteiger charge is -2.35. The number of benzene rings is 3. The Balaban J connectivity index is 1.33. The smallest absolute Gasteiger partial charge is 0.249 e. The molecule has 10 heteroatoms. The number of nitrogens with one attached hydrogen (secondary N) is 2. The normalized spacial score (nSPS) is 15.7. The second-order valence-electron chi connectivity index (χ2n) is 9.63. The van der Waals surface area contributed by atoms with Crippen molar-refractivity contribution in [2.24, 2.45) is 0 Å². The average Bonchev–Trinajstić information content (AvgIpc) is 2.95. The highest BCUT2D eigenvalue weighted by atomic mass is 19.1. The van der Waals surface area contributed by atoms with Gasteiger partial charge in [0, 0.05) is 31.9 Å². The number of aliphatic hydroxyl groups excluding tert-OH is 1. The van der Waals surface area contributed by atoms with Crippen LogP contribution in [0.4, 0.5) is 10.1 Å². The van der Waals surface area contributed by atoms with E-state index >= 15 is 0 Å². The van der Waals surface area contributed by atoms with Crippen molar-refractivity contribution in [1.82, 2.24) is 15.1 Å². The van der Waals surface area contributed by atoms with Crippen molar-refractivity contribution in [3.05, 3.63) is 90.2 Å². The monoisotopic (exact) mass is 550 g/mol. The third-order valence-corrected chi connectivity index (χ3v) is 6.52. The Morgan fingerprint density at radius 3 is 2.17 bits per heavy atom. The number of amides is 2. The van der Waals surface area contributed by atoms with Crippen molar-refractivity contribution in [1.29, 1.82) is 0 Å². The number of carbonyl (C=O) groups is 2. The largest absolute Gasteiger partial charge is 0.457 e. The van der Waals surface area contributed by atoms with Crippen molar-refractivity contribution in [3.8, 4) is 11.5 Å². The van der Waals surface area contributed by atoms with Crippen LogP contribution in [0.2, 0.25) is 0 Å². The van der Waals surface area contributed by atoms with Crippen molar-refractivity contribution >= 4 is 17.5 Å². The van der Waals surface area contributed by atoms with Crippen molar-refractivity contribution < 1.29 is 28.6 Å². The molecule has 1 fully saturated rings. The molecule has 2 amide bonds. The predicted octanol–water partition coefficient (Wildman–Crippen LogP) is 3.21. The number of aliphatic hydroxyl groups is 1. The lowest BCUT2D eigenvalue weighted by atomic mass is 10.2. The van der Waals surface area contributed by atoms with E-state index in [1.165, 1.54) is 24.3 Å². The van der Waals surface area contributed by atoms with Crippen molar-refractivity contribution in [3.63, 3.8) is 0 Å². The second kappa shape index (κ2) is 14.5. The summed E-state index contributed by atoms with van der Waals surface area (Å²) in [7, 11) is 0. The molecule has 1 unspecified atom stereocenters. The van der Waals surface area contributed by atoms with E-state index in [0.717, 1.165) is 5.56 Å². The summed E-state index contributed by atoms with van der Waals surface area (Å²) in [5.74, 6) is -0.0246. The predicted molar refractivity (Wildman–Crippen MR) is 149 cm³/mol. The zero-order chi connectivity index (χ0) is 28.3. The molecule has 212 valence electrons. The summed E-state index contributed by atoms with van der Waals surface area (Å²) >= 11 is 0. The molecule has 0 radical (unpaired) electrons. The topological polar surface area (TPSA) is 103 Å². The standard InChI is InChI=1S/C30H35FN4O5/c1-22(36)35-17-15-34(16-18-35)19-29(37)33-28(21-39-20-23-5-3-2-4-6-23)30(38)32-25-9-13-27(14-10-25)40-26-11-7-24(31)8-12-26/h2-14,22,28,36H,15-21H2,1H3,(H,32,38)(H,33,37)/t22?,28-/m0/s1. The van der Waals surface area contributed by atoms with Gasteiger partial charge in [0.25, 0.3) is 0 Å². The quantitative estimate of drug-likeness (QED) is 0.318. The van der Waals surface area contributed by atoms with E-state index < -0.39 is 18.2 Å². The van der Waals surface area contributed by atoms with Gasteiger partial charge in [-0.15, -0.1) is 0 Å². The van der Waals surface area contributed by atoms with Gasteiger partial charge in [0.1, 0.15) is 29.6 Å². The third-order valence-electron chi connectivity index (χ3n) is 6.52. The zero-order valence-electron chi connectivity index (χ0n) is 22.5. The first-order valence-corrected chi connectivity index (χ1v) is 13.3. The highest BCUT2D eigenvalue weighted by molar-refractivity contribution is 5.97. The van der Waals surface area contributed by atoms with Crippen LogP contribution in [0.15, 0.2) is 78.9 Å². The minimum Gasteiger partial charge on any atom is -0.457 e. The van der Waals surface area contributed by atoms with Crippen LogP contribution in [0, 0.1) is 5.82 Å². The first-order valence-electron chi connectivity index (χ1n) is 13.3. The minimum atomic E-state index is -0.912. The van der Waals surface area contributed by atoms with Gasteiger partial charge in [0.15, 0.2) is 0 Å². The van der Waals surface area contributed by atoms with Gasteiger partial charge in [0.2, 0.25) is 11.8 Å². The number of carbonyl (C=O) groups excluding carboxylic acids is 2. The SMILES string of the molecule is CC(O)N1CCN(CC(=O)N[C@@H](COCc2ccccc2)C(=O)Nc2ccc(Oc3ccc(F)cc3)cc2)CC1. The van der Waals surface area contributed by atoms with Crippen LogP contribution in [-0.4, -0.2) is 78.3 Å². The van der Waals surface area contributed by atoms with Crippen LogP contribution < -0.4 is 15.4 Å². The lowest BCUT2D eigenvalue weighted by molar-refractivity contribution is -0.129. The van der Waals surface area contributed by atoms with Crippen molar-refractivity contribution in [2.75, 3.05) is 44.6 Å². The molecule has 0 bridgehead atoms. The molecule has 1 aliphatic rings. The maximum absolute atomic E-state index is 13.2. The fourth-order valence-electron chi connectivity index (χ4n) is 4.26. The van der Waals surface area contributed by atoms with Gasteiger partial charge in [-0.2, -0.15) is 0 Å². The Kier molecular flexibility index (Phi) is 10.6. The summed E-state index contributed by atoms with van der Waals surface area (Å²) < 4.78 is 24.6. The van der Waals surface area contributed by atoms with Crippen molar-refractivity contribution in [2.45, 2.75) is 25.8 Å². The highest BCUT2D eigenvalue weighted by Crippen LogP contribution is 2.23. The molecule has 0 spiro atoms. The number of hydrogen-bond acceptors (Lipinski definition) is 7. The third kappa shape index (κ3) is 9.13. The molecular formula is C30H35FN4O5. The van der Waals surface area contributed by atoms with Crippen LogP contribution in [-0.2, 0) is 20.9 Å². The molecule has 4 rings (SSSR count). The van der Waals surface area contributed by atoms with Crippen LogP contribution in [0.25, 0.3) is 0 Å². The number of halogens is 1. The number of nitrogens with zero attached hydrogens (tertiary/aromatic N) is 2. The number of anilines is 1. The maximum atomic E-state index is 13.2. The van der Waals surface area contributed by atoms with Crippen LogP contribution in [0.1, 0.15) is 12.5 Å². The van der Waals surface area contributed by atoms with E-state index in [4.69, 9.17) is 9.47 Å². The number of piperazine rings is 1. The van der Waals surface area contributed by atoms with Gasteiger partial charge < -0.3 is 25.2 Å². The minimum absolute atomic E-state index is 0.00592. The number of hydrogen-bond donors (Lipinski definition) is 3. The summed E-state index contributed by atoms with van der Waals surface area (Å²) in [6.07, 6.45) is -0.519. The van der Waals surface area contributed by atoms with E-state index in [1.807, 2.05) is 40.1 Å². The zero-order valence-corrected chi connectivity index (χ0v) is 22.5. The van der Waals surface area contributed by atoms with E-state index in [2.05, 4.69) is 10.6 Å². The molecule has 2 atom stereocenters. The Hall–Kier alpha value is -3.83. The summed E-state index contributed by atoms with van der Waals surface area (Å²) in [5.41, 5.74) is 1.48. The molecule has 0 aliphatic carbocycles. The van der Waals surface area contributed by atoms with E-state index in [9.17, 15) is 19.1 Å². The molecule has 0 saturated carbocycles. The fourth-order valence-corrected chi connectivity index (χ4v) is 4.26.